The first-order valence-electron chi connectivity index (χ1n) is 8.79. The molecular formula is C21H21N3O3. The van der Waals surface area contributed by atoms with Crippen LogP contribution in [-0.4, -0.2) is 48.2 Å². The first kappa shape index (κ1) is 18.5. The summed E-state index contributed by atoms with van der Waals surface area (Å²) in [5.74, 6) is 0. The number of carbonyl (C=O) groups is 2. The fourth-order valence-electron chi connectivity index (χ4n) is 3.23. The van der Waals surface area contributed by atoms with Crippen LogP contribution < -0.4 is 0 Å². The van der Waals surface area contributed by atoms with Crippen molar-refractivity contribution >= 4 is 12.1 Å². The molecule has 1 atom stereocenters. The topological polar surface area (TPSA) is 73.6 Å². The quantitative estimate of drug-likeness (QED) is 0.831. The predicted octanol–water partition coefficient (Wildman–Crippen LogP) is 3.66. The number of hydrogen-bond acceptors (Lipinski definition) is 4. The standard InChI is InChI=1S/C21H21N3O3/c1-15-14-23(20(25)24(15)21(26)27-2)12-11-16-3-7-18(8-4-16)19-9-5-17(13-22)6-10-19/h3-10,15H,11-12,14H2,1-2H3. The zero-order chi connectivity index (χ0) is 19.4. The zero-order valence-corrected chi connectivity index (χ0v) is 15.4. The molecule has 0 radical (unpaired) electrons. The van der Waals surface area contributed by atoms with Gasteiger partial charge in [0.2, 0.25) is 0 Å². The third-order valence-corrected chi connectivity index (χ3v) is 4.74. The van der Waals surface area contributed by atoms with Gasteiger partial charge in [-0.1, -0.05) is 36.4 Å². The van der Waals surface area contributed by atoms with Crippen LogP contribution in [0.4, 0.5) is 9.59 Å². The molecular weight excluding hydrogens is 342 g/mol. The number of methoxy groups -OCH3 is 1. The van der Waals surface area contributed by atoms with E-state index in [1.54, 1.807) is 17.0 Å². The van der Waals surface area contributed by atoms with Crippen LogP contribution in [0.2, 0.25) is 0 Å². The van der Waals surface area contributed by atoms with Gasteiger partial charge in [0.1, 0.15) is 0 Å². The minimum Gasteiger partial charge on any atom is -0.452 e. The summed E-state index contributed by atoms with van der Waals surface area (Å²) in [6, 6.07) is 17.2. The third kappa shape index (κ3) is 3.93. The van der Waals surface area contributed by atoms with Crippen molar-refractivity contribution in [3.63, 3.8) is 0 Å². The summed E-state index contributed by atoms with van der Waals surface area (Å²) in [6.45, 7) is 2.89. The Morgan fingerprint density at radius 3 is 2.30 bits per heavy atom. The first-order chi connectivity index (χ1) is 13.0. The average molecular weight is 363 g/mol. The molecule has 1 heterocycles. The van der Waals surface area contributed by atoms with Gasteiger partial charge in [0, 0.05) is 13.1 Å². The van der Waals surface area contributed by atoms with Crippen LogP contribution >= 0.6 is 0 Å². The average Bonchev–Trinajstić information content (AvgIpc) is 2.99. The predicted molar refractivity (Wildman–Crippen MR) is 101 cm³/mol. The van der Waals surface area contributed by atoms with Crippen LogP contribution in [0.3, 0.4) is 0 Å². The molecule has 1 unspecified atom stereocenters. The Bertz CT molecular complexity index is 869. The molecule has 6 heteroatoms. The molecule has 0 bridgehead atoms. The van der Waals surface area contributed by atoms with Crippen molar-refractivity contribution in [1.82, 2.24) is 9.80 Å². The third-order valence-electron chi connectivity index (χ3n) is 4.74. The SMILES string of the molecule is COC(=O)N1C(=O)N(CCc2ccc(-c3ccc(C#N)cc3)cc2)CC1C. The number of urea groups is 1. The van der Waals surface area contributed by atoms with Crippen molar-refractivity contribution in [2.24, 2.45) is 0 Å². The Hall–Kier alpha value is -3.33. The van der Waals surface area contributed by atoms with Crippen LogP contribution in [0, 0.1) is 11.3 Å². The smallest absolute Gasteiger partial charge is 0.418 e. The van der Waals surface area contributed by atoms with E-state index >= 15 is 0 Å². The molecule has 3 rings (SSSR count). The van der Waals surface area contributed by atoms with Gasteiger partial charge >= 0.3 is 12.1 Å². The maximum absolute atomic E-state index is 12.4. The minimum atomic E-state index is -0.609. The molecule has 1 fully saturated rings. The fraction of sp³-hybridized carbons (Fsp3) is 0.286. The number of nitriles is 1. The lowest BCUT2D eigenvalue weighted by molar-refractivity contribution is 0.127. The second-order valence-corrected chi connectivity index (χ2v) is 6.55. The summed E-state index contributed by atoms with van der Waals surface area (Å²) >= 11 is 0. The van der Waals surface area contributed by atoms with E-state index in [0.717, 1.165) is 21.6 Å². The van der Waals surface area contributed by atoms with Crippen LogP contribution in [0.1, 0.15) is 18.1 Å². The molecule has 1 aliphatic rings. The van der Waals surface area contributed by atoms with E-state index in [-0.39, 0.29) is 12.1 Å². The monoisotopic (exact) mass is 363 g/mol. The molecule has 0 aromatic heterocycles. The van der Waals surface area contributed by atoms with Gasteiger partial charge in [-0.05, 0) is 42.2 Å². The lowest BCUT2D eigenvalue weighted by Gasteiger charge is -2.17. The molecule has 0 spiro atoms. The number of rotatable bonds is 4. The summed E-state index contributed by atoms with van der Waals surface area (Å²) in [5.41, 5.74) is 3.88. The Kier molecular flexibility index (Phi) is 5.41. The van der Waals surface area contributed by atoms with Gasteiger partial charge in [0.05, 0.1) is 24.8 Å². The fourth-order valence-corrected chi connectivity index (χ4v) is 3.23. The van der Waals surface area contributed by atoms with Crippen molar-refractivity contribution in [3.05, 3.63) is 59.7 Å². The minimum absolute atomic E-state index is 0.191. The van der Waals surface area contributed by atoms with Crippen molar-refractivity contribution < 1.29 is 14.3 Å². The molecule has 1 saturated heterocycles. The van der Waals surface area contributed by atoms with Gasteiger partial charge in [-0.3, -0.25) is 0 Å². The highest BCUT2D eigenvalue weighted by Crippen LogP contribution is 2.21. The van der Waals surface area contributed by atoms with E-state index in [1.807, 2.05) is 43.3 Å². The summed E-state index contributed by atoms with van der Waals surface area (Å²) in [7, 11) is 1.28. The van der Waals surface area contributed by atoms with Crippen LogP contribution in [-0.2, 0) is 11.2 Å². The second-order valence-electron chi connectivity index (χ2n) is 6.55. The highest BCUT2D eigenvalue weighted by atomic mass is 16.5. The van der Waals surface area contributed by atoms with Gasteiger partial charge in [-0.25, -0.2) is 14.5 Å². The van der Waals surface area contributed by atoms with E-state index in [2.05, 4.69) is 10.8 Å². The van der Waals surface area contributed by atoms with Gasteiger partial charge in [-0.15, -0.1) is 0 Å². The number of hydrogen-bond donors (Lipinski definition) is 0. The highest BCUT2D eigenvalue weighted by Gasteiger charge is 2.39. The maximum Gasteiger partial charge on any atom is 0.418 e. The second kappa shape index (κ2) is 7.92. The Morgan fingerprint density at radius 2 is 1.74 bits per heavy atom. The van der Waals surface area contributed by atoms with E-state index in [1.165, 1.54) is 7.11 Å². The van der Waals surface area contributed by atoms with Gasteiger partial charge in [-0.2, -0.15) is 5.26 Å². The first-order valence-corrected chi connectivity index (χ1v) is 8.79. The summed E-state index contributed by atoms with van der Waals surface area (Å²) in [5, 5.41) is 8.87. The van der Waals surface area contributed by atoms with Crippen molar-refractivity contribution in [2.75, 3.05) is 20.2 Å². The number of nitrogens with zero attached hydrogens (tertiary/aromatic N) is 3. The number of imide groups is 1. The summed E-state index contributed by atoms with van der Waals surface area (Å²) < 4.78 is 4.68. The lowest BCUT2D eigenvalue weighted by Crippen LogP contribution is -2.39. The van der Waals surface area contributed by atoms with E-state index in [4.69, 9.17) is 5.26 Å². The maximum atomic E-state index is 12.4. The molecule has 2 aromatic carbocycles. The van der Waals surface area contributed by atoms with Gasteiger partial charge in [0.15, 0.2) is 0 Å². The van der Waals surface area contributed by atoms with E-state index < -0.39 is 6.09 Å². The summed E-state index contributed by atoms with van der Waals surface area (Å²) in [6.07, 6.45) is 0.1000. The molecule has 0 N–H and O–H groups in total. The highest BCUT2D eigenvalue weighted by molar-refractivity contribution is 5.93. The van der Waals surface area contributed by atoms with Gasteiger partial charge in [0.25, 0.3) is 0 Å². The zero-order valence-electron chi connectivity index (χ0n) is 15.4. The molecule has 27 heavy (non-hydrogen) atoms. The Balaban J connectivity index is 1.61. The molecule has 6 nitrogen and oxygen atoms in total. The Labute approximate surface area is 158 Å². The summed E-state index contributed by atoms with van der Waals surface area (Å²) in [4.78, 5) is 26.9. The number of amides is 3. The molecule has 2 aromatic rings. The normalized spacial score (nSPS) is 16.3. The molecule has 138 valence electrons. The number of ether oxygens (including phenoxy) is 1. The van der Waals surface area contributed by atoms with E-state index in [0.29, 0.717) is 25.1 Å². The number of carbonyl (C=O) groups excluding carboxylic acids is 2. The molecule has 1 aliphatic heterocycles. The molecule has 3 amide bonds. The van der Waals surface area contributed by atoms with Crippen molar-refractivity contribution in [2.45, 2.75) is 19.4 Å². The van der Waals surface area contributed by atoms with Crippen LogP contribution in [0.15, 0.2) is 48.5 Å². The van der Waals surface area contributed by atoms with Crippen molar-refractivity contribution in [3.8, 4) is 17.2 Å². The van der Waals surface area contributed by atoms with E-state index in [9.17, 15) is 9.59 Å². The Morgan fingerprint density at radius 1 is 1.15 bits per heavy atom. The lowest BCUT2D eigenvalue weighted by atomic mass is 10.0. The largest absolute Gasteiger partial charge is 0.452 e. The number of benzene rings is 2. The molecule has 0 aliphatic carbocycles. The molecule has 0 saturated carbocycles. The van der Waals surface area contributed by atoms with Crippen LogP contribution in [0.25, 0.3) is 11.1 Å². The van der Waals surface area contributed by atoms with Crippen molar-refractivity contribution in [1.29, 1.82) is 5.26 Å². The van der Waals surface area contributed by atoms with Crippen LogP contribution in [0.5, 0.6) is 0 Å². The van der Waals surface area contributed by atoms with Gasteiger partial charge < -0.3 is 9.64 Å².